The molecule has 1 aromatic carbocycles. The van der Waals surface area contributed by atoms with Crippen molar-refractivity contribution in [3.05, 3.63) is 23.8 Å². The fraction of sp³-hybridized carbons (Fsp3) is 0.667. The molecule has 7 nitrogen and oxygen atoms in total. The Balaban J connectivity index is 2.08. The van der Waals surface area contributed by atoms with Crippen LogP contribution >= 0.6 is 27.8 Å². The molecular formula is C21H34NO6PS4. The molecule has 1 heterocycles. The van der Waals surface area contributed by atoms with Gasteiger partial charge in [0, 0.05) is 29.4 Å². The third kappa shape index (κ3) is 8.79. The third-order valence-electron chi connectivity index (χ3n) is 4.92. The Morgan fingerprint density at radius 3 is 2.12 bits per heavy atom. The molecule has 0 spiro atoms. The Morgan fingerprint density at radius 1 is 1.09 bits per heavy atom. The van der Waals surface area contributed by atoms with Crippen molar-refractivity contribution in [3.8, 4) is 11.5 Å². The molecule has 0 N–H and O–H groups in total. The maximum atomic E-state index is 13.4. The number of carbonyl (C=O) groups is 1. The number of ether oxygens (including phenoxy) is 2. The molecule has 2 atom stereocenters. The summed E-state index contributed by atoms with van der Waals surface area (Å²) in [6.07, 6.45) is 4.56. The van der Waals surface area contributed by atoms with Crippen LogP contribution in [0.4, 0.5) is 0 Å². The standard InChI is InChI=1S/C21H34NO6PS4/c1-5-7-11-27-31-29(30,32-28-12-8-6-2)21-16-20(23)22(33(21)24)10-9-17-13-18(25-3)15-19(14-17)26-4/h13-15,21H,5-12,16H2,1-4H3. The predicted octanol–water partition coefficient (Wildman–Crippen LogP) is 5.71. The summed E-state index contributed by atoms with van der Waals surface area (Å²) in [6, 6.07) is 5.58. The van der Waals surface area contributed by atoms with Gasteiger partial charge in [0.2, 0.25) is 0 Å². The highest BCUT2D eigenvalue weighted by molar-refractivity contribution is 8.99. The SMILES string of the molecule is CCCCOSP(=S)(SOCCCC)C1CC(=O)N(CCc2cc(OC)cc(OC)c2)[S+]1[O-]. The first-order valence-electron chi connectivity index (χ1n) is 11.0. The quantitative estimate of drug-likeness (QED) is 0.110. The summed E-state index contributed by atoms with van der Waals surface area (Å²) in [4.78, 5) is 12.3. The van der Waals surface area contributed by atoms with Crippen molar-refractivity contribution in [2.75, 3.05) is 34.0 Å². The van der Waals surface area contributed by atoms with E-state index in [0.717, 1.165) is 31.2 Å². The molecule has 1 aromatic rings. The Morgan fingerprint density at radius 2 is 1.64 bits per heavy atom. The molecule has 1 fully saturated rings. The summed E-state index contributed by atoms with van der Waals surface area (Å²) in [5.41, 5.74) is 0.938. The lowest BCUT2D eigenvalue weighted by Gasteiger charge is -2.26. The van der Waals surface area contributed by atoms with Crippen LogP contribution in [0.1, 0.15) is 51.5 Å². The molecule has 0 aliphatic carbocycles. The van der Waals surface area contributed by atoms with E-state index >= 15 is 0 Å². The minimum atomic E-state index is -2.48. The number of unbranched alkanes of at least 4 members (excludes halogenated alkanes) is 2. The van der Waals surface area contributed by atoms with Gasteiger partial charge in [0.05, 0.1) is 51.8 Å². The normalized spacial score (nSPS) is 18.7. The summed E-state index contributed by atoms with van der Waals surface area (Å²) in [7, 11) is 3.19. The lowest BCUT2D eigenvalue weighted by molar-refractivity contribution is -0.125. The van der Waals surface area contributed by atoms with Gasteiger partial charge in [-0.25, -0.2) is 0 Å². The second kappa shape index (κ2) is 15.1. The third-order valence-corrected chi connectivity index (χ3v) is 17.3. The van der Waals surface area contributed by atoms with Crippen molar-refractivity contribution in [1.29, 1.82) is 0 Å². The summed E-state index contributed by atoms with van der Waals surface area (Å²) < 4.78 is 34.6. The van der Waals surface area contributed by atoms with Gasteiger partial charge in [-0.1, -0.05) is 38.5 Å². The molecule has 0 bridgehead atoms. The number of carbonyl (C=O) groups excluding carboxylic acids is 1. The topological polar surface area (TPSA) is 80.3 Å². The van der Waals surface area contributed by atoms with Gasteiger partial charge in [0.1, 0.15) is 11.5 Å². The van der Waals surface area contributed by atoms with Crippen molar-refractivity contribution in [2.24, 2.45) is 0 Å². The highest BCUT2D eigenvalue weighted by Crippen LogP contribution is 2.76. The van der Waals surface area contributed by atoms with Crippen LogP contribution in [-0.2, 0) is 42.8 Å². The Bertz CT molecular complexity index is 764. The van der Waals surface area contributed by atoms with Gasteiger partial charge in [0.15, 0.2) is 9.43 Å². The first-order valence-corrected chi connectivity index (χ1v) is 17.8. The Labute approximate surface area is 214 Å². The minimum absolute atomic E-state index is 0.147. The molecule has 33 heavy (non-hydrogen) atoms. The molecule has 1 aliphatic heterocycles. The summed E-state index contributed by atoms with van der Waals surface area (Å²) in [5.74, 6) is 1.20. The molecule has 2 rings (SSSR count). The smallest absolute Gasteiger partial charge is 0.269 e. The fourth-order valence-corrected chi connectivity index (χ4v) is 13.7. The van der Waals surface area contributed by atoms with E-state index in [0.29, 0.717) is 37.7 Å². The van der Waals surface area contributed by atoms with Gasteiger partial charge in [-0.15, -0.1) is 0 Å². The maximum Gasteiger partial charge on any atom is 0.269 e. The van der Waals surface area contributed by atoms with Crippen LogP contribution in [0.5, 0.6) is 11.5 Å². The molecule has 1 saturated heterocycles. The number of benzene rings is 1. The van der Waals surface area contributed by atoms with E-state index < -0.39 is 20.8 Å². The molecule has 0 saturated carbocycles. The lowest BCUT2D eigenvalue weighted by Crippen LogP contribution is -2.33. The highest BCUT2D eigenvalue weighted by atomic mass is 33.2. The van der Waals surface area contributed by atoms with Crippen LogP contribution in [0, 0.1) is 0 Å². The predicted molar refractivity (Wildman–Crippen MR) is 143 cm³/mol. The second-order valence-corrected chi connectivity index (χ2v) is 20.0. The van der Waals surface area contributed by atoms with Gasteiger partial charge >= 0.3 is 0 Å². The number of hydrogen-bond acceptors (Lipinski definition) is 9. The first kappa shape index (κ1) is 29.1. The van der Waals surface area contributed by atoms with E-state index in [1.807, 2.05) is 12.1 Å². The van der Waals surface area contributed by atoms with Crippen molar-refractivity contribution >= 4 is 56.8 Å². The van der Waals surface area contributed by atoms with E-state index in [2.05, 4.69) is 13.8 Å². The molecule has 188 valence electrons. The van der Waals surface area contributed by atoms with Gasteiger partial charge in [-0.3, -0.25) is 4.79 Å². The molecule has 0 aromatic heterocycles. The van der Waals surface area contributed by atoms with Crippen LogP contribution in [0.3, 0.4) is 0 Å². The second-order valence-electron chi connectivity index (χ2n) is 7.44. The van der Waals surface area contributed by atoms with E-state index in [1.54, 1.807) is 20.3 Å². The van der Waals surface area contributed by atoms with Crippen LogP contribution in [0.15, 0.2) is 18.2 Å². The van der Waals surface area contributed by atoms with Crippen molar-refractivity contribution in [1.82, 2.24) is 4.31 Å². The monoisotopic (exact) mass is 555 g/mol. The first-order chi connectivity index (χ1) is 15.9. The van der Waals surface area contributed by atoms with Gasteiger partial charge in [-0.2, -0.15) is 4.31 Å². The van der Waals surface area contributed by atoms with Crippen molar-refractivity contribution in [2.45, 2.75) is 57.4 Å². The largest absolute Gasteiger partial charge is 0.592 e. The zero-order valence-electron chi connectivity index (χ0n) is 19.7. The Kier molecular flexibility index (Phi) is 13.3. The van der Waals surface area contributed by atoms with Crippen LogP contribution < -0.4 is 9.47 Å². The minimum Gasteiger partial charge on any atom is -0.592 e. The van der Waals surface area contributed by atoms with Crippen LogP contribution in [-0.4, -0.2) is 53.7 Å². The van der Waals surface area contributed by atoms with E-state index in [4.69, 9.17) is 29.6 Å². The number of nitrogens with zero attached hydrogens (tertiary/aromatic N) is 1. The highest BCUT2D eigenvalue weighted by Gasteiger charge is 2.53. The molecule has 1 amide bonds. The van der Waals surface area contributed by atoms with E-state index in [1.165, 1.54) is 27.6 Å². The summed E-state index contributed by atoms with van der Waals surface area (Å²) in [5, 5.41) is 0. The average Bonchev–Trinajstić information content (AvgIpc) is 3.11. The van der Waals surface area contributed by atoms with Gasteiger partial charge in [0.25, 0.3) is 5.91 Å². The zero-order chi connectivity index (χ0) is 24.3. The Hall–Kier alpha value is -0.130. The molecule has 2 unspecified atom stereocenters. The lowest BCUT2D eigenvalue weighted by atomic mass is 10.1. The van der Waals surface area contributed by atoms with Crippen molar-refractivity contribution < 1.29 is 27.2 Å². The van der Waals surface area contributed by atoms with Crippen molar-refractivity contribution in [3.63, 3.8) is 0 Å². The summed E-state index contributed by atoms with van der Waals surface area (Å²) in [6.45, 7) is 5.66. The number of amides is 1. The average molecular weight is 556 g/mol. The van der Waals surface area contributed by atoms with E-state index in [-0.39, 0.29) is 12.3 Å². The number of rotatable bonds is 16. The molecule has 1 aliphatic rings. The molecule has 0 radical (unpaired) electrons. The van der Waals surface area contributed by atoms with Crippen LogP contribution in [0.25, 0.3) is 0 Å². The number of hydrogen-bond donors (Lipinski definition) is 0. The number of methoxy groups -OCH3 is 2. The van der Waals surface area contributed by atoms with Gasteiger partial charge < -0.3 is 22.4 Å². The fourth-order valence-electron chi connectivity index (χ4n) is 2.98. The zero-order valence-corrected chi connectivity index (χ0v) is 23.8. The molecular weight excluding hydrogens is 521 g/mol. The summed E-state index contributed by atoms with van der Waals surface area (Å²) >= 11 is 6.85. The molecule has 12 heteroatoms. The van der Waals surface area contributed by atoms with E-state index in [9.17, 15) is 9.35 Å². The van der Waals surface area contributed by atoms with Crippen LogP contribution in [0.2, 0.25) is 0 Å². The maximum absolute atomic E-state index is 13.4. The van der Waals surface area contributed by atoms with Gasteiger partial charge in [-0.05, 0) is 37.0 Å².